The number of hydrogen-bond acceptors (Lipinski definition) is 1. The maximum absolute atomic E-state index is 3.59. The fourth-order valence-corrected chi connectivity index (χ4v) is 1.77. The lowest BCUT2D eigenvalue weighted by Gasteiger charge is -2.25. The van der Waals surface area contributed by atoms with Gasteiger partial charge in [0.2, 0.25) is 0 Å². The molecule has 1 unspecified atom stereocenters. The Bertz CT molecular complexity index is 305. The van der Waals surface area contributed by atoms with Crippen molar-refractivity contribution in [3.05, 3.63) is 35.4 Å². The number of benzene rings is 1. The summed E-state index contributed by atoms with van der Waals surface area (Å²) in [4.78, 5) is 0. The summed E-state index contributed by atoms with van der Waals surface area (Å²) in [6.45, 7) is 12.1. The van der Waals surface area contributed by atoms with Gasteiger partial charge in [-0.2, -0.15) is 0 Å². The van der Waals surface area contributed by atoms with Gasteiger partial charge in [0.25, 0.3) is 0 Å². The van der Waals surface area contributed by atoms with Crippen molar-refractivity contribution in [2.75, 3.05) is 6.54 Å². The topological polar surface area (TPSA) is 12.0 Å². The average Bonchev–Trinajstić information content (AvgIpc) is 2.20. The first-order chi connectivity index (χ1) is 7.42. The lowest BCUT2D eigenvalue weighted by atomic mass is 9.94. The monoisotopic (exact) mass is 219 g/mol. The van der Waals surface area contributed by atoms with Crippen LogP contribution in [-0.4, -0.2) is 12.1 Å². The zero-order valence-corrected chi connectivity index (χ0v) is 11.3. The van der Waals surface area contributed by atoms with Crippen LogP contribution in [0.2, 0.25) is 0 Å². The van der Waals surface area contributed by atoms with Gasteiger partial charge in [0.15, 0.2) is 0 Å². The first kappa shape index (κ1) is 13.2. The number of hydrogen-bond donors (Lipinski definition) is 1. The van der Waals surface area contributed by atoms with Gasteiger partial charge >= 0.3 is 0 Å². The number of aryl methyl sites for hydroxylation is 1. The lowest BCUT2D eigenvalue weighted by molar-refractivity contribution is 0.403. The van der Waals surface area contributed by atoms with Gasteiger partial charge in [-0.3, -0.25) is 0 Å². The van der Waals surface area contributed by atoms with E-state index in [9.17, 15) is 0 Å². The van der Waals surface area contributed by atoms with Crippen LogP contribution in [0, 0.1) is 6.92 Å². The van der Waals surface area contributed by atoms with E-state index in [-0.39, 0.29) is 5.54 Å². The van der Waals surface area contributed by atoms with E-state index in [1.807, 2.05) is 0 Å². The van der Waals surface area contributed by atoms with Crippen LogP contribution in [0.15, 0.2) is 24.3 Å². The molecule has 0 aliphatic rings. The Hall–Kier alpha value is -0.820. The molecule has 1 atom stereocenters. The Kier molecular flexibility index (Phi) is 4.55. The molecule has 16 heavy (non-hydrogen) atoms. The second kappa shape index (κ2) is 5.49. The molecule has 0 aromatic heterocycles. The molecule has 1 N–H and O–H groups in total. The third-order valence-electron chi connectivity index (χ3n) is 2.92. The molecule has 90 valence electrons. The average molecular weight is 219 g/mol. The van der Waals surface area contributed by atoms with Crippen LogP contribution in [0.3, 0.4) is 0 Å². The Morgan fingerprint density at radius 1 is 1.12 bits per heavy atom. The predicted molar refractivity (Wildman–Crippen MR) is 72.0 cm³/mol. The van der Waals surface area contributed by atoms with Gasteiger partial charge in [0.05, 0.1) is 0 Å². The van der Waals surface area contributed by atoms with Crippen LogP contribution in [0.1, 0.15) is 51.2 Å². The molecule has 0 aliphatic heterocycles. The predicted octanol–water partition coefficient (Wildman–Crippen LogP) is 3.88. The molecule has 0 saturated carbocycles. The van der Waals surface area contributed by atoms with E-state index in [4.69, 9.17) is 0 Å². The van der Waals surface area contributed by atoms with Crippen molar-refractivity contribution in [1.82, 2.24) is 5.32 Å². The largest absolute Gasteiger partial charge is 0.311 e. The SMILES string of the molecule is CCC(CNC(C)(C)C)c1ccc(C)cc1. The minimum absolute atomic E-state index is 0.206. The maximum atomic E-state index is 3.59. The van der Waals surface area contributed by atoms with E-state index in [0.717, 1.165) is 6.54 Å². The Morgan fingerprint density at radius 3 is 2.12 bits per heavy atom. The molecule has 0 spiro atoms. The minimum Gasteiger partial charge on any atom is -0.311 e. The summed E-state index contributed by atoms with van der Waals surface area (Å²) < 4.78 is 0. The highest BCUT2D eigenvalue weighted by molar-refractivity contribution is 5.24. The van der Waals surface area contributed by atoms with Crippen molar-refractivity contribution in [2.24, 2.45) is 0 Å². The normalized spacial score (nSPS) is 13.8. The molecule has 1 aromatic carbocycles. The summed E-state index contributed by atoms with van der Waals surface area (Å²) in [7, 11) is 0. The molecular formula is C15H25N. The smallest absolute Gasteiger partial charge is 0.00967 e. The van der Waals surface area contributed by atoms with Crippen molar-refractivity contribution in [3.63, 3.8) is 0 Å². The van der Waals surface area contributed by atoms with E-state index in [0.29, 0.717) is 5.92 Å². The second-order valence-electron chi connectivity index (χ2n) is 5.65. The summed E-state index contributed by atoms with van der Waals surface area (Å²) >= 11 is 0. The molecule has 1 rings (SSSR count). The summed E-state index contributed by atoms with van der Waals surface area (Å²) in [5.74, 6) is 0.625. The van der Waals surface area contributed by atoms with Crippen LogP contribution in [-0.2, 0) is 0 Å². The van der Waals surface area contributed by atoms with Crippen LogP contribution in [0.5, 0.6) is 0 Å². The summed E-state index contributed by atoms with van der Waals surface area (Å²) in [5, 5.41) is 3.59. The van der Waals surface area contributed by atoms with E-state index < -0.39 is 0 Å². The molecule has 0 radical (unpaired) electrons. The van der Waals surface area contributed by atoms with Crippen molar-refractivity contribution < 1.29 is 0 Å². The van der Waals surface area contributed by atoms with Gasteiger partial charge in [0, 0.05) is 12.1 Å². The van der Waals surface area contributed by atoms with Crippen LogP contribution in [0.25, 0.3) is 0 Å². The Balaban J connectivity index is 2.64. The fourth-order valence-electron chi connectivity index (χ4n) is 1.77. The second-order valence-corrected chi connectivity index (χ2v) is 5.65. The molecule has 0 saturated heterocycles. The van der Waals surface area contributed by atoms with E-state index in [1.165, 1.54) is 17.5 Å². The molecule has 0 fully saturated rings. The van der Waals surface area contributed by atoms with E-state index >= 15 is 0 Å². The van der Waals surface area contributed by atoms with Crippen molar-refractivity contribution >= 4 is 0 Å². The van der Waals surface area contributed by atoms with Crippen LogP contribution >= 0.6 is 0 Å². The van der Waals surface area contributed by atoms with Gasteiger partial charge in [-0.15, -0.1) is 0 Å². The zero-order valence-electron chi connectivity index (χ0n) is 11.3. The lowest BCUT2D eigenvalue weighted by Crippen LogP contribution is -2.38. The first-order valence-corrected chi connectivity index (χ1v) is 6.24. The zero-order chi connectivity index (χ0) is 12.2. The fraction of sp³-hybridized carbons (Fsp3) is 0.600. The molecule has 1 heteroatoms. The Labute approximate surface area is 100 Å². The molecule has 0 amide bonds. The van der Waals surface area contributed by atoms with Crippen molar-refractivity contribution in [3.8, 4) is 0 Å². The van der Waals surface area contributed by atoms with Crippen molar-refractivity contribution in [1.29, 1.82) is 0 Å². The van der Waals surface area contributed by atoms with Crippen molar-refractivity contribution in [2.45, 2.75) is 52.5 Å². The quantitative estimate of drug-likeness (QED) is 0.810. The third kappa shape index (κ3) is 4.36. The van der Waals surface area contributed by atoms with Gasteiger partial charge in [-0.05, 0) is 45.6 Å². The number of rotatable bonds is 4. The van der Waals surface area contributed by atoms with Gasteiger partial charge in [-0.1, -0.05) is 36.8 Å². The minimum atomic E-state index is 0.206. The first-order valence-electron chi connectivity index (χ1n) is 6.24. The van der Waals surface area contributed by atoms with Crippen LogP contribution in [0.4, 0.5) is 0 Å². The van der Waals surface area contributed by atoms with Gasteiger partial charge in [0.1, 0.15) is 0 Å². The van der Waals surface area contributed by atoms with Gasteiger partial charge in [-0.25, -0.2) is 0 Å². The molecule has 1 aromatic rings. The summed E-state index contributed by atoms with van der Waals surface area (Å²) in [6.07, 6.45) is 1.19. The molecule has 1 nitrogen and oxygen atoms in total. The standard InChI is InChI=1S/C15H25N/c1-6-13(11-16-15(3,4)5)14-9-7-12(2)8-10-14/h7-10,13,16H,6,11H2,1-5H3. The Morgan fingerprint density at radius 2 is 1.69 bits per heavy atom. The number of nitrogens with one attached hydrogen (secondary N) is 1. The van der Waals surface area contributed by atoms with E-state index in [1.54, 1.807) is 0 Å². The third-order valence-corrected chi connectivity index (χ3v) is 2.92. The highest BCUT2D eigenvalue weighted by Crippen LogP contribution is 2.19. The molecule has 0 bridgehead atoms. The van der Waals surface area contributed by atoms with Crippen LogP contribution < -0.4 is 5.32 Å². The molecule has 0 heterocycles. The molecule has 0 aliphatic carbocycles. The highest BCUT2D eigenvalue weighted by Gasteiger charge is 2.14. The summed E-state index contributed by atoms with van der Waals surface area (Å²) in [5.41, 5.74) is 2.99. The highest BCUT2D eigenvalue weighted by atomic mass is 14.9. The maximum Gasteiger partial charge on any atom is 0.00967 e. The molecular weight excluding hydrogens is 194 g/mol. The summed E-state index contributed by atoms with van der Waals surface area (Å²) in [6, 6.07) is 8.92. The van der Waals surface area contributed by atoms with E-state index in [2.05, 4.69) is 64.2 Å². The van der Waals surface area contributed by atoms with Gasteiger partial charge < -0.3 is 5.32 Å².